The van der Waals surface area contributed by atoms with Crippen LogP contribution in [0.5, 0.6) is 11.5 Å². The van der Waals surface area contributed by atoms with Crippen molar-refractivity contribution in [3.8, 4) is 11.5 Å². The Balaban J connectivity index is 1.40. The van der Waals surface area contributed by atoms with Gasteiger partial charge in [0.1, 0.15) is 5.69 Å². The number of hydrogen-bond acceptors (Lipinski definition) is 4. The van der Waals surface area contributed by atoms with E-state index >= 15 is 0 Å². The summed E-state index contributed by atoms with van der Waals surface area (Å²) in [6.45, 7) is 1.30. The number of nitrogens with zero attached hydrogens (tertiary/aromatic N) is 1. The molecule has 4 aromatic rings. The Kier molecular flexibility index (Phi) is 4.77. The molecule has 5 nitrogen and oxygen atoms in total. The van der Waals surface area contributed by atoms with Crippen LogP contribution >= 0.6 is 27.3 Å². The van der Waals surface area contributed by atoms with Crippen LogP contribution in [0.2, 0.25) is 0 Å². The first kappa shape index (κ1) is 18.3. The predicted molar refractivity (Wildman–Crippen MR) is 117 cm³/mol. The predicted octanol–water partition coefficient (Wildman–Crippen LogP) is 5.17. The van der Waals surface area contributed by atoms with E-state index in [1.807, 2.05) is 42.5 Å². The highest BCUT2D eigenvalue weighted by Crippen LogP contribution is 2.34. The highest BCUT2D eigenvalue weighted by Gasteiger charge is 2.18. The second kappa shape index (κ2) is 7.57. The smallest absolute Gasteiger partial charge is 0.268 e. The maximum absolute atomic E-state index is 13.0. The van der Waals surface area contributed by atoms with Gasteiger partial charge in [-0.2, -0.15) is 0 Å². The fourth-order valence-corrected chi connectivity index (χ4v) is 5.02. The van der Waals surface area contributed by atoms with Gasteiger partial charge in [0.2, 0.25) is 6.79 Å². The molecule has 2 aromatic heterocycles. The van der Waals surface area contributed by atoms with Crippen molar-refractivity contribution in [2.75, 3.05) is 6.79 Å². The second-order valence-electron chi connectivity index (χ2n) is 6.77. The quantitative estimate of drug-likeness (QED) is 0.439. The number of ether oxygens (including phenoxy) is 2. The molecule has 146 valence electrons. The van der Waals surface area contributed by atoms with Crippen LogP contribution in [0.25, 0.3) is 10.2 Å². The summed E-state index contributed by atoms with van der Waals surface area (Å²) < 4.78 is 15.0. The van der Waals surface area contributed by atoms with Crippen molar-refractivity contribution in [2.45, 2.75) is 13.1 Å². The van der Waals surface area contributed by atoms with E-state index < -0.39 is 0 Å². The standard InChI is InChI=1S/C22H17BrN2O3S/c23-21-10-16-20(29-21)9-17(25(16)12-14-4-2-1-3-5-14)22(26)24-11-15-6-7-18-19(8-15)28-13-27-18/h1-10H,11-13H2,(H,24,26). The van der Waals surface area contributed by atoms with E-state index in [1.165, 1.54) is 0 Å². The molecular formula is C22H17BrN2O3S. The number of nitrogens with one attached hydrogen (secondary N) is 1. The Morgan fingerprint density at radius 2 is 1.86 bits per heavy atom. The Morgan fingerprint density at radius 1 is 1.03 bits per heavy atom. The zero-order valence-corrected chi connectivity index (χ0v) is 17.8. The Hall–Kier alpha value is -2.77. The Morgan fingerprint density at radius 3 is 2.72 bits per heavy atom. The molecule has 3 heterocycles. The zero-order valence-electron chi connectivity index (χ0n) is 15.4. The fourth-order valence-electron chi connectivity index (χ4n) is 3.46. The van der Waals surface area contributed by atoms with Gasteiger partial charge in [0, 0.05) is 13.1 Å². The van der Waals surface area contributed by atoms with E-state index in [1.54, 1.807) is 11.3 Å². The highest BCUT2D eigenvalue weighted by atomic mass is 79.9. The van der Waals surface area contributed by atoms with Crippen LogP contribution in [0.1, 0.15) is 21.6 Å². The minimum Gasteiger partial charge on any atom is -0.454 e. The van der Waals surface area contributed by atoms with Gasteiger partial charge in [0.25, 0.3) is 5.91 Å². The van der Waals surface area contributed by atoms with E-state index in [-0.39, 0.29) is 12.7 Å². The summed E-state index contributed by atoms with van der Waals surface area (Å²) in [5.41, 5.74) is 3.83. The number of aromatic nitrogens is 1. The maximum Gasteiger partial charge on any atom is 0.268 e. The van der Waals surface area contributed by atoms with Crippen molar-refractivity contribution in [2.24, 2.45) is 0 Å². The normalized spacial score (nSPS) is 12.4. The summed E-state index contributed by atoms with van der Waals surface area (Å²) in [6, 6.07) is 19.9. The molecule has 0 fully saturated rings. The molecule has 0 aliphatic carbocycles. The maximum atomic E-state index is 13.0. The molecule has 1 amide bonds. The molecule has 0 atom stereocenters. The first-order chi connectivity index (χ1) is 14.2. The van der Waals surface area contributed by atoms with Crippen LogP contribution in [-0.2, 0) is 13.1 Å². The van der Waals surface area contributed by atoms with Gasteiger partial charge in [0.15, 0.2) is 11.5 Å². The van der Waals surface area contributed by atoms with Crippen LogP contribution in [0, 0.1) is 0 Å². The first-order valence-electron chi connectivity index (χ1n) is 9.16. The van der Waals surface area contributed by atoms with E-state index in [4.69, 9.17) is 9.47 Å². The van der Waals surface area contributed by atoms with Crippen molar-refractivity contribution in [1.29, 1.82) is 0 Å². The molecule has 1 N–H and O–H groups in total. The van der Waals surface area contributed by atoms with Crippen molar-refractivity contribution in [3.05, 3.63) is 81.3 Å². The molecule has 0 unspecified atom stereocenters. The molecule has 5 rings (SSSR count). The molecule has 1 aliphatic heterocycles. The second-order valence-corrected chi connectivity index (χ2v) is 9.23. The average Bonchev–Trinajstić information content (AvgIpc) is 3.42. The van der Waals surface area contributed by atoms with Gasteiger partial charge in [-0.15, -0.1) is 11.3 Å². The van der Waals surface area contributed by atoms with Gasteiger partial charge < -0.3 is 19.4 Å². The minimum atomic E-state index is -0.0990. The number of rotatable bonds is 5. The number of carbonyl (C=O) groups excluding carboxylic acids is 1. The number of thiophene rings is 1. The lowest BCUT2D eigenvalue weighted by atomic mass is 10.2. The summed E-state index contributed by atoms with van der Waals surface area (Å²) in [5, 5.41) is 3.03. The summed E-state index contributed by atoms with van der Waals surface area (Å²) in [7, 11) is 0. The van der Waals surface area contributed by atoms with Gasteiger partial charge >= 0.3 is 0 Å². The van der Waals surface area contributed by atoms with Crippen molar-refractivity contribution in [1.82, 2.24) is 9.88 Å². The molecule has 0 bridgehead atoms. The van der Waals surface area contributed by atoms with Crippen LogP contribution in [0.4, 0.5) is 0 Å². The molecule has 2 aromatic carbocycles. The zero-order chi connectivity index (χ0) is 19.8. The van der Waals surface area contributed by atoms with Gasteiger partial charge in [-0.05, 0) is 51.3 Å². The Bertz CT molecular complexity index is 1200. The summed E-state index contributed by atoms with van der Waals surface area (Å²) >= 11 is 5.18. The van der Waals surface area contributed by atoms with Gasteiger partial charge in [-0.3, -0.25) is 4.79 Å². The number of halogens is 1. The number of benzene rings is 2. The van der Waals surface area contributed by atoms with Gasteiger partial charge in [-0.1, -0.05) is 36.4 Å². The third-order valence-corrected chi connectivity index (χ3v) is 6.44. The van der Waals surface area contributed by atoms with E-state index in [9.17, 15) is 4.79 Å². The highest BCUT2D eigenvalue weighted by molar-refractivity contribution is 9.11. The van der Waals surface area contributed by atoms with Crippen LogP contribution < -0.4 is 14.8 Å². The number of amides is 1. The van der Waals surface area contributed by atoms with E-state index in [0.29, 0.717) is 18.8 Å². The van der Waals surface area contributed by atoms with Crippen LogP contribution in [0.15, 0.2) is 64.5 Å². The molecule has 7 heteroatoms. The monoisotopic (exact) mass is 468 g/mol. The largest absolute Gasteiger partial charge is 0.454 e. The Labute approximate surface area is 180 Å². The lowest BCUT2D eigenvalue weighted by molar-refractivity contribution is 0.0942. The molecule has 1 aliphatic rings. The van der Waals surface area contributed by atoms with Crippen molar-refractivity contribution in [3.63, 3.8) is 0 Å². The molecule has 29 heavy (non-hydrogen) atoms. The molecule has 0 radical (unpaired) electrons. The minimum absolute atomic E-state index is 0.0990. The van der Waals surface area contributed by atoms with Crippen molar-refractivity contribution >= 4 is 43.4 Å². The summed E-state index contributed by atoms with van der Waals surface area (Å²) in [6.07, 6.45) is 0. The number of fused-ring (bicyclic) bond motifs is 2. The van der Waals surface area contributed by atoms with Gasteiger partial charge in [-0.25, -0.2) is 0 Å². The fraction of sp³-hybridized carbons (Fsp3) is 0.136. The van der Waals surface area contributed by atoms with Crippen molar-refractivity contribution < 1.29 is 14.3 Å². The van der Waals surface area contributed by atoms with E-state index in [2.05, 4.69) is 44.0 Å². The third kappa shape index (κ3) is 3.63. The molecule has 0 saturated carbocycles. The summed E-state index contributed by atoms with van der Waals surface area (Å²) in [5.74, 6) is 1.36. The van der Waals surface area contributed by atoms with Crippen LogP contribution in [-0.4, -0.2) is 17.3 Å². The first-order valence-corrected chi connectivity index (χ1v) is 10.8. The van der Waals surface area contributed by atoms with Gasteiger partial charge in [0.05, 0.1) is 14.0 Å². The lowest BCUT2D eigenvalue weighted by Gasteiger charge is -2.11. The molecule has 0 saturated heterocycles. The van der Waals surface area contributed by atoms with Crippen LogP contribution in [0.3, 0.4) is 0 Å². The summed E-state index contributed by atoms with van der Waals surface area (Å²) in [4.78, 5) is 13.0. The number of hydrogen-bond donors (Lipinski definition) is 1. The molecule has 0 spiro atoms. The molecular weight excluding hydrogens is 452 g/mol. The topological polar surface area (TPSA) is 52.5 Å². The average molecular weight is 469 g/mol. The lowest BCUT2D eigenvalue weighted by Crippen LogP contribution is -2.25. The number of carbonyl (C=O) groups is 1. The van der Waals surface area contributed by atoms with E-state index in [0.717, 1.165) is 36.6 Å². The SMILES string of the molecule is O=C(NCc1ccc2c(c1)OCO2)c1cc2sc(Br)cc2n1Cc1ccccc1. The third-order valence-electron chi connectivity index (χ3n) is 4.87.